The van der Waals surface area contributed by atoms with Crippen LogP contribution in [0, 0.1) is 12.7 Å². The largest absolute Gasteiger partial charge is 0.368 e. The van der Waals surface area contributed by atoms with Crippen molar-refractivity contribution in [3.05, 3.63) is 29.8 Å². The Labute approximate surface area is 103 Å². The first-order chi connectivity index (χ1) is 8.66. The number of hydrogen-bond donors (Lipinski definition) is 1. The van der Waals surface area contributed by atoms with Gasteiger partial charge in [-0.05, 0) is 24.6 Å². The highest BCUT2D eigenvalue weighted by Gasteiger charge is 2.10. The van der Waals surface area contributed by atoms with Crippen molar-refractivity contribution >= 4 is 22.5 Å². The predicted octanol–water partition coefficient (Wildman–Crippen LogP) is 2.33. The van der Waals surface area contributed by atoms with Crippen molar-refractivity contribution in [1.82, 2.24) is 19.6 Å². The average Bonchev–Trinajstić information content (AvgIpc) is 2.83. The lowest BCUT2D eigenvalue weighted by Crippen LogP contribution is -2.03. The Hall–Kier alpha value is -2.24. The van der Waals surface area contributed by atoms with Crippen LogP contribution in [-0.4, -0.2) is 19.6 Å². The molecule has 0 saturated carbocycles. The second-order valence-electron chi connectivity index (χ2n) is 3.58. The van der Waals surface area contributed by atoms with Gasteiger partial charge in [0.15, 0.2) is 5.65 Å². The zero-order valence-electron chi connectivity index (χ0n) is 10.5. The minimum Gasteiger partial charge on any atom is -0.368 e. The monoisotopic (exact) mass is 247 g/mol. The summed E-state index contributed by atoms with van der Waals surface area (Å²) in [5, 5.41) is 4.54. The van der Waals surface area contributed by atoms with Gasteiger partial charge in [0.2, 0.25) is 5.95 Å². The van der Waals surface area contributed by atoms with Gasteiger partial charge >= 0.3 is 0 Å². The van der Waals surface area contributed by atoms with Gasteiger partial charge in [-0.1, -0.05) is 13.8 Å². The molecule has 3 rings (SSSR count). The maximum atomic E-state index is 13.3. The van der Waals surface area contributed by atoms with Gasteiger partial charge in [0.1, 0.15) is 12.1 Å². The minimum absolute atomic E-state index is 0.245. The molecule has 0 bridgehead atoms. The van der Waals surface area contributed by atoms with Crippen LogP contribution < -0.4 is 5.73 Å². The van der Waals surface area contributed by atoms with Crippen molar-refractivity contribution < 1.29 is 4.39 Å². The molecule has 0 aliphatic carbocycles. The third-order valence-electron chi connectivity index (χ3n) is 2.50. The van der Waals surface area contributed by atoms with Crippen LogP contribution in [-0.2, 0) is 0 Å². The summed E-state index contributed by atoms with van der Waals surface area (Å²) in [4.78, 5) is 8.24. The Morgan fingerprint density at radius 2 is 2.00 bits per heavy atom. The van der Waals surface area contributed by atoms with Gasteiger partial charge < -0.3 is 5.73 Å². The SMILES string of the molecule is CC.Cc1cc(F)cc2c1nc(N)n1ncnc21. The van der Waals surface area contributed by atoms with E-state index >= 15 is 0 Å². The van der Waals surface area contributed by atoms with Crippen molar-refractivity contribution in [2.24, 2.45) is 0 Å². The molecule has 2 aromatic heterocycles. The zero-order chi connectivity index (χ0) is 13.3. The number of fused-ring (bicyclic) bond motifs is 3. The van der Waals surface area contributed by atoms with E-state index in [4.69, 9.17) is 5.73 Å². The maximum absolute atomic E-state index is 13.3. The third-order valence-corrected chi connectivity index (χ3v) is 2.50. The summed E-state index contributed by atoms with van der Waals surface area (Å²) >= 11 is 0. The molecule has 6 heteroatoms. The van der Waals surface area contributed by atoms with Crippen LogP contribution >= 0.6 is 0 Å². The van der Waals surface area contributed by atoms with Gasteiger partial charge in [0.05, 0.1) is 5.52 Å². The topological polar surface area (TPSA) is 69.1 Å². The van der Waals surface area contributed by atoms with E-state index in [1.165, 1.54) is 23.0 Å². The van der Waals surface area contributed by atoms with Crippen LogP contribution in [0.15, 0.2) is 18.5 Å². The van der Waals surface area contributed by atoms with E-state index in [-0.39, 0.29) is 11.8 Å². The Balaban J connectivity index is 0.000000574. The quantitative estimate of drug-likeness (QED) is 0.662. The number of anilines is 1. The van der Waals surface area contributed by atoms with E-state index in [0.29, 0.717) is 16.6 Å². The molecular weight excluding hydrogens is 233 g/mol. The first kappa shape index (κ1) is 12.2. The molecule has 3 aromatic rings. The standard InChI is InChI=1S/C10H8FN5.C2H6/c1-5-2-6(11)3-7-8(5)15-10(12)16-9(7)13-4-14-16;1-2/h2-4H,1H3,(H2,12,15);1-2H3. The van der Waals surface area contributed by atoms with Crippen LogP contribution in [0.4, 0.5) is 10.3 Å². The lowest BCUT2D eigenvalue weighted by atomic mass is 10.1. The van der Waals surface area contributed by atoms with Gasteiger partial charge in [0, 0.05) is 5.39 Å². The highest BCUT2D eigenvalue weighted by molar-refractivity contribution is 5.93. The number of nitrogens with two attached hydrogens (primary N) is 1. The summed E-state index contributed by atoms with van der Waals surface area (Å²) < 4.78 is 14.7. The average molecular weight is 247 g/mol. The van der Waals surface area contributed by atoms with Gasteiger partial charge in [-0.3, -0.25) is 0 Å². The Morgan fingerprint density at radius 1 is 1.28 bits per heavy atom. The normalized spacial score (nSPS) is 10.4. The fourth-order valence-electron chi connectivity index (χ4n) is 1.81. The van der Waals surface area contributed by atoms with Crippen LogP contribution in [0.2, 0.25) is 0 Å². The Bertz CT molecular complexity index is 704. The van der Waals surface area contributed by atoms with Gasteiger partial charge in [-0.2, -0.15) is 9.61 Å². The fourth-order valence-corrected chi connectivity index (χ4v) is 1.81. The molecule has 0 fully saturated rings. The number of halogens is 1. The Morgan fingerprint density at radius 3 is 2.72 bits per heavy atom. The van der Waals surface area contributed by atoms with Crippen molar-refractivity contribution in [3.63, 3.8) is 0 Å². The van der Waals surface area contributed by atoms with Gasteiger partial charge in [-0.15, -0.1) is 0 Å². The van der Waals surface area contributed by atoms with Crippen LogP contribution in [0.25, 0.3) is 16.6 Å². The van der Waals surface area contributed by atoms with E-state index in [0.717, 1.165) is 5.56 Å². The van der Waals surface area contributed by atoms with E-state index in [2.05, 4.69) is 15.1 Å². The summed E-state index contributed by atoms with van der Waals surface area (Å²) in [7, 11) is 0. The van der Waals surface area contributed by atoms with Crippen LogP contribution in [0.5, 0.6) is 0 Å². The molecule has 2 heterocycles. The van der Waals surface area contributed by atoms with Crippen molar-refractivity contribution in [2.45, 2.75) is 20.8 Å². The maximum Gasteiger partial charge on any atom is 0.223 e. The number of aryl methyl sites for hydroxylation is 1. The molecule has 0 spiro atoms. The molecule has 2 N–H and O–H groups in total. The fraction of sp³-hybridized carbons (Fsp3) is 0.250. The molecule has 18 heavy (non-hydrogen) atoms. The van der Waals surface area contributed by atoms with Gasteiger partial charge in [0.25, 0.3) is 0 Å². The first-order valence-electron chi connectivity index (χ1n) is 5.72. The third kappa shape index (κ3) is 1.75. The van der Waals surface area contributed by atoms with E-state index in [1.807, 2.05) is 13.8 Å². The number of aromatic nitrogens is 4. The van der Waals surface area contributed by atoms with Crippen molar-refractivity contribution in [3.8, 4) is 0 Å². The number of hydrogen-bond acceptors (Lipinski definition) is 4. The smallest absolute Gasteiger partial charge is 0.223 e. The molecule has 0 amide bonds. The molecule has 5 nitrogen and oxygen atoms in total. The van der Waals surface area contributed by atoms with Crippen LogP contribution in [0.1, 0.15) is 19.4 Å². The molecule has 0 aliphatic heterocycles. The predicted molar refractivity (Wildman–Crippen MR) is 68.7 cm³/mol. The highest BCUT2D eigenvalue weighted by atomic mass is 19.1. The second kappa shape index (κ2) is 4.56. The van der Waals surface area contributed by atoms with Crippen LogP contribution in [0.3, 0.4) is 0 Å². The van der Waals surface area contributed by atoms with Gasteiger partial charge in [-0.25, -0.2) is 14.4 Å². The summed E-state index contributed by atoms with van der Waals surface area (Å²) in [6.07, 6.45) is 1.37. The molecule has 0 aliphatic rings. The summed E-state index contributed by atoms with van der Waals surface area (Å²) in [5.74, 6) is -0.0730. The molecule has 0 radical (unpaired) electrons. The lowest BCUT2D eigenvalue weighted by Gasteiger charge is -2.05. The molecule has 94 valence electrons. The zero-order valence-corrected chi connectivity index (χ0v) is 10.5. The van der Waals surface area contributed by atoms with E-state index < -0.39 is 0 Å². The number of nitrogen functional groups attached to an aromatic ring is 1. The second-order valence-corrected chi connectivity index (χ2v) is 3.58. The first-order valence-corrected chi connectivity index (χ1v) is 5.72. The number of nitrogens with zero attached hydrogens (tertiary/aromatic N) is 4. The molecule has 0 atom stereocenters. The van der Waals surface area contributed by atoms with E-state index in [9.17, 15) is 4.39 Å². The molecule has 0 unspecified atom stereocenters. The minimum atomic E-state index is -0.318. The summed E-state index contributed by atoms with van der Waals surface area (Å²) in [5.41, 5.74) is 7.63. The van der Waals surface area contributed by atoms with Crippen molar-refractivity contribution in [2.75, 3.05) is 5.73 Å². The molecular formula is C12H14FN5. The summed E-state index contributed by atoms with van der Waals surface area (Å²) in [6, 6.07) is 2.81. The lowest BCUT2D eigenvalue weighted by molar-refractivity contribution is 0.628. The molecule has 0 saturated heterocycles. The highest BCUT2D eigenvalue weighted by Crippen LogP contribution is 2.22. The van der Waals surface area contributed by atoms with Crippen molar-refractivity contribution in [1.29, 1.82) is 0 Å². The molecule has 1 aromatic carbocycles. The number of rotatable bonds is 0. The summed E-state index contributed by atoms with van der Waals surface area (Å²) in [6.45, 7) is 5.78. The number of benzene rings is 1. The van der Waals surface area contributed by atoms with E-state index in [1.54, 1.807) is 6.92 Å². The Kier molecular flexibility index (Phi) is 3.10.